The quantitative estimate of drug-likeness (QED) is 0.824. The lowest BCUT2D eigenvalue weighted by atomic mass is 10.2. The highest BCUT2D eigenvalue weighted by atomic mass is 16.2. The molecule has 2 aromatic rings. The predicted octanol–water partition coefficient (Wildman–Crippen LogP) is 1.04. The highest BCUT2D eigenvalue weighted by Crippen LogP contribution is 2.19. The molecule has 1 aliphatic heterocycles. The van der Waals surface area contributed by atoms with Crippen molar-refractivity contribution in [3.63, 3.8) is 0 Å². The first-order valence-electron chi connectivity index (χ1n) is 9.20. The molecule has 4 rings (SSSR count). The summed E-state index contributed by atoms with van der Waals surface area (Å²) in [6.07, 6.45) is 4.61. The van der Waals surface area contributed by atoms with Crippen LogP contribution in [-0.4, -0.2) is 51.8 Å². The Morgan fingerprint density at radius 2 is 1.96 bits per heavy atom. The maximum atomic E-state index is 12.9. The largest absolute Gasteiger partial charge is 0.353 e. The number of rotatable bonds is 3. The summed E-state index contributed by atoms with van der Waals surface area (Å²) < 4.78 is 1.36. The highest BCUT2D eigenvalue weighted by molar-refractivity contribution is 5.80. The van der Waals surface area contributed by atoms with Crippen LogP contribution in [0.25, 0.3) is 0 Å². The number of carbonyl (C=O) groups is 1. The minimum absolute atomic E-state index is 0.0433. The average molecular weight is 353 g/mol. The van der Waals surface area contributed by atoms with Crippen molar-refractivity contribution < 1.29 is 4.79 Å². The van der Waals surface area contributed by atoms with Crippen molar-refractivity contribution >= 4 is 11.7 Å². The number of nitrogens with zero attached hydrogens (tertiary/aromatic N) is 5. The molecule has 0 bridgehead atoms. The number of hydrogen-bond acceptors (Lipinski definition) is 5. The summed E-state index contributed by atoms with van der Waals surface area (Å²) in [5.74, 6) is 0.891. The normalized spacial score (nSPS) is 17.9. The zero-order valence-corrected chi connectivity index (χ0v) is 15.0. The van der Waals surface area contributed by atoms with Crippen LogP contribution in [0.5, 0.6) is 0 Å². The lowest BCUT2D eigenvalue weighted by molar-refractivity contribution is -0.135. The predicted molar refractivity (Wildman–Crippen MR) is 98.3 cm³/mol. The fourth-order valence-electron chi connectivity index (χ4n) is 3.76. The molecule has 7 heteroatoms. The number of piperazine rings is 1. The number of hydrogen-bond donors (Lipinski definition) is 0. The van der Waals surface area contributed by atoms with Gasteiger partial charge in [0.25, 0.3) is 5.56 Å². The fraction of sp³-hybridized carbons (Fsp3) is 0.474. The molecule has 3 heterocycles. The first-order valence-corrected chi connectivity index (χ1v) is 9.20. The number of pyridine rings is 1. The molecular formula is C19H23N5O2. The molecule has 2 aromatic heterocycles. The van der Waals surface area contributed by atoms with Crippen molar-refractivity contribution in [1.29, 1.82) is 0 Å². The van der Waals surface area contributed by atoms with Gasteiger partial charge < -0.3 is 9.80 Å². The van der Waals surface area contributed by atoms with Crippen molar-refractivity contribution in [3.05, 3.63) is 52.1 Å². The average Bonchev–Trinajstić information content (AvgIpc) is 3.14. The van der Waals surface area contributed by atoms with Gasteiger partial charge in [-0.25, -0.2) is 9.67 Å². The molecule has 1 aliphatic carbocycles. The molecule has 1 saturated heterocycles. The van der Waals surface area contributed by atoms with Gasteiger partial charge in [0, 0.05) is 38.4 Å². The van der Waals surface area contributed by atoms with Crippen molar-refractivity contribution in [1.82, 2.24) is 19.7 Å². The van der Waals surface area contributed by atoms with E-state index in [1.165, 1.54) is 4.68 Å². The Hall–Kier alpha value is -2.70. The van der Waals surface area contributed by atoms with Gasteiger partial charge in [0.1, 0.15) is 11.9 Å². The summed E-state index contributed by atoms with van der Waals surface area (Å²) >= 11 is 0. The molecule has 0 radical (unpaired) electrons. The van der Waals surface area contributed by atoms with Crippen LogP contribution in [0.1, 0.15) is 30.6 Å². The maximum Gasteiger partial charge on any atom is 0.267 e. The van der Waals surface area contributed by atoms with Crippen molar-refractivity contribution in [3.8, 4) is 0 Å². The SMILES string of the molecule is CC(C(=O)N1CCN(c2ccccn2)CC1)n1nc2c(cc1=O)CCC2. The second-order valence-corrected chi connectivity index (χ2v) is 6.93. The lowest BCUT2D eigenvalue weighted by Crippen LogP contribution is -2.51. The molecule has 1 fully saturated rings. The van der Waals surface area contributed by atoms with Gasteiger partial charge in [-0.2, -0.15) is 5.10 Å². The Bertz CT molecular complexity index is 856. The van der Waals surface area contributed by atoms with E-state index in [4.69, 9.17) is 0 Å². The van der Waals surface area contributed by atoms with Crippen LogP contribution in [0.4, 0.5) is 5.82 Å². The lowest BCUT2D eigenvalue weighted by Gasteiger charge is -2.36. The van der Waals surface area contributed by atoms with Crippen LogP contribution < -0.4 is 10.5 Å². The Balaban J connectivity index is 1.45. The summed E-state index contributed by atoms with van der Waals surface area (Å²) in [7, 11) is 0. The summed E-state index contributed by atoms with van der Waals surface area (Å²) in [5, 5.41) is 4.47. The van der Waals surface area contributed by atoms with Gasteiger partial charge in [-0.1, -0.05) is 6.07 Å². The summed E-state index contributed by atoms with van der Waals surface area (Å²) in [5.41, 5.74) is 1.82. The second kappa shape index (κ2) is 6.90. The third-order valence-corrected chi connectivity index (χ3v) is 5.27. The minimum Gasteiger partial charge on any atom is -0.353 e. The molecule has 0 N–H and O–H groups in total. The minimum atomic E-state index is -0.574. The number of carbonyl (C=O) groups excluding carboxylic acids is 1. The molecule has 1 atom stereocenters. The van der Waals surface area contributed by atoms with Gasteiger partial charge in [0.05, 0.1) is 5.69 Å². The molecule has 7 nitrogen and oxygen atoms in total. The molecule has 2 aliphatic rings. The Morgan fingerprint density at radius 1 is 1.15 bits per heavy atom. The molecule has 0 aromatic carbocycles. The first kappa shape index (κ1) is 16.8. The molecular weight excluding hydrogens is 330 g/mol. The highest BCUT2D eigenvalue weighted by Gasteiger charge is 2.28. The Labute approximate surface area is 152 Å². The molecule has 0 spiro atoms. The van der Waals surface area contributed by atoms with Crippen LogP contribution in [0.3, 0.4) is 0 Å². The van der Waals surface area contributed by atoms with Gasteiger partial charge in [0.15, 0.2) is 0 Å². The molecule has 0 saturated carbocycles. The number of anilines is 1. The van der Waals surface area contributed by atoms with Gasteiger partial charge in [-0.05, 0) is 43.9 Å². The number of fused-ring (bicyclic) bond motifs is 1. The zero-order valence-electron chi connectivity index (χ0n) is 15.0. The van der Waals surface area contributed by atoms with Gasteiger partial charge >= 0.3 is 0 Å². The van der Waals surface area contributed by atoms with E-state index in [9.17, 15) is 9.59 Å². The second-order valence-electron chi connectivity index (χ2n) is 6.93. The van der Waals surface area contributed by atoms with E-state index in [-0.39, 0.29) is 11.5 Å². The molecule has 1 unspecified atom stereocenters. The van der Waals surface area contributed by atoms with E-state index in [1.807, 2.05) is 23.1 Å². The van der Waals surface area contributed by atoms with Gasteiger partial charge in [-0.3, -0.25) is 9.59 Å². The van der Waals surface area contributed by atoms with E-state index >= 15 is 0 Å². The number of amides is 1. The van der Waals surface area contributed by atoms with E-state index in [0.29, 0.717) is 13.1 Å². The molecule has 136 valence electrons. The van der Waals surface area contributed by atoms with E-state index < -0.39 is 6.04 Å². The van der Waals surface area contributed by atoms with Gasteiger partial charge in [0.2, 0.25) is 5.91 Å². The zero-order chi connectivity index (χ0) is 18.1. The van der Waals surface area contributed by atoms with Crippen molar-refractivity contribution in [2.75, 3.05) is 31.1 Å². The smallest absolute Gasteiger partial charge is 0.267 e. The first-order chi connectivity index (χ1) is 12.6. The van der Waals surface area contributed by atoms with Gasteiger partial charge in [-0.15, -0.1) is 0 Å². The van der Waals surface area contributed by atoms with E-state index in [1.54, 1.807) is 19.2 Å². The summed E-state index contributed by atoms with van der Waals surface area (Å²) in [4.78, 5) is 33.6. The molecule has 26 heavy (non-hydrogen) atoms. The van der Waals surface area contributed by atoms with Crippen LogP contribution in [0.2, 0.25) is 0 Å². The van der Waals surface area contributed by atoms with Crippen molar-refractivity contribution in [2.45, 2.75) is 32.2 Å². The molecule has 1 amide bonds. The van der Waals surface area contributed by atoms with Crippen LogP contribution in [0.15, 0.2) is 35.3 Å². The third kappa shape index (κ3) is 3.09. The van der Waals surface area contributed by atoms with E-state index in [0.717, 1.165) is 49.4 Å². The number of aryl methyl sites for hydroxylation is 2. The topological polar surface area (TPSA) is 71.3 Å². The van der Waals surface area contributed by atoms with Crippen LogP contribution >= 0.6 is 0 Å². The summed E-state index contributed by atoms with van der Waals surface area (Å²) in [6, 6.07) is 6.92. The van der Waals surface area contributed by atoms with E-state index in [2.05, 4.69) is 15.0 Å². The Morgan fingerprint density at radius 3 is 2.69 bits per heavy atom. The van der Waals surface area contributed by atoms with Crippen LogP contribution in [-0.2, 0) is 17.6 Å². The Kier molecular flexibility index (Phi) is 4.44. The monoisotopic (exact) mass is 353 g/mol. The summed E-state index contributed by atoms with van der Waals surface area (Å²) in [6.45, 7) is 4.49. The standard InChI is InChI=1S/C19H23N5O2/c1-14(24-18(25)13-15-5-4-6-16(15)21-24)19(26)23-11-9-22(10-12-23)17-7-2-3-8-20-17/h2-3,7-8,13-14H,4-6,9-12H2,1H3. The third-order valence-electron chi connectivity index (χ3n) is 5.27. The maximum absolute atomic E-state index is 12.9. The fourth-order valence-corrected chi connectivity index (χ4v) is 3.76. The number of aromatic nitrogens is 3. The van der Waals surface area contributed by atoms with Crippen LogP contribution in [0, 0.1) is 0 Å². The van der Waals surface area contributed by atoms with Crippen molar-refractivity contribution in [2.24, 2.45) is 0 Å².